The Morgan fingerprint density at radius 3 is 2.79 bits per heavy atom. The lowest BCUT2D eigenvalue weighted by Gasteiger charge is -2.14. The molecule has 9 heteroatoms. The van der Waals surface area contributed by atoms with E-state index in [0.29, 0.717) is 38.5 Å². The topological polar surface area (TPSA) is 96.6 Å². The number of thiocarbonyl (C=S) groups is 1. The van der Waals surface area contributed by atoms with Crippen LogP contribution in [0.3, 0.4) is 0 Å². The molecular weight excluding hydrogens is 518 g/mol. The number of nitrogens with one attached hydrogen (secondary N) is 2. The van der Waals surface area contributed by atoms with Gasteiger partial charge in [-0.1, -0.05) is 13.0 Å². The summed E-state index contributed by atoms with van der Waals surface area (Å²) in [6.45, 7) is 4.01. The zero-order chi connectivity index (χ0) is 24.2. The van der Waals surface area contributed by atoms with Gasteiger partial charge in [0, 0.05) is 16.8 Å². The average molecular weight is 540 g/mol. The van der Waals surface area contributed by atoms with Gasteiger partial charge in [0.1, 0.15) is 17.0 Å². The van der Waals surface area contributed by atoms with E-state index in [-0.39, 0.29) is 22.9 Å². The van der Waals surface area contributed by atoms with Crippen molar-refractivity contribution in [1.29, 1.82) is 0 Å². The number of aromatic hydroxyl groups is 1. The Balaban J connectivity index is 1.44. The van der Waals surface area contributed by atoms with E-state index in [1.807, 2.05) is 19.9 Å². The van der Waals surface area contributed by atoms with Crippen LogP contribution in [0.1, 0.15) is 30.6 Å². The molecule has 0 saturated carbocycles. The second-order valence-electron chi connectivity index (χ2n) is 7.64. The second-order valence-corrected chi connectivity index (χ2v) is 8.90. The molecule has 0 unspecified atom stereocenters. The normalized spacial score (nSPS) is 11.7. The van der Waals surface area contributed by atoms with Crippen LogP contribution < -0.4 is 15.4 Å². The number of aromatic nitrogens is 1. The first-order valence-corrected chi connectivity index (χ1v) is 11.8. The van der Waals surface area contributed by atoms with Crippen molar-refractivity contribution in [3.63, 3.8) is 0 Å². The Bertz CT molecular complexity index is 1370. The van der Waals surface area contributed by atoms with Gasteiger partial charge in [-0.25, -0.2) is 4.98 Å². The molecule has 7 nitrogen and oxygen atoms in total. The summed E-state index contributed by atoms with van der Waals surface area (Å²) in [5, 5.41) is 15.5. The van der Waals surface area contributed by atoms with E-state index in [1.165, 1.54) is 0 Å². The lowest BCUT2D eigenvalue weighted by molar-refractivity contribution is 0.0977. The van der Waals surface area contributed by atoms with Crippen molar-refractivity contribution in [2.24, 2.45) is 0 Å². The van der Waals surface area contributed by atoms with Gasteiger partial charge in [-0.05, 0) is 96.1 Å². The molecule has 0 radical (unpaired) electrons. The van der Waals surface area contributed by atoms with E-state index < -0.39 is 0 Å². The summed E-state index contributed by atoms with van der Waals surface area (Å²) >= 11 is 8.61. The minimum absolute atomic E-state index is 0.0589. The van der Waals surface area contributed by atoms with Crippen LogP contribution in [0.15, 0.2) is 69.6 Å². The first kappa shape index (κ1) is 23.7. The van der Waals surface area contributed by atoms with Crippen LogP contribution in [-0.4, -0.2) is 27.2 Å². The minimum Gasteiger partial charge on any atom is -0.507 e. The van der Waals surface area contributed by atoms with Crippen LogP contribution in [0.5, 0.6) is 11.5 Å². The minimum atomic E-state index is -0.338. The highest BCUT2D eigenvalue weighted by Crippen LogP contribution is 2.31. The number of anilines is 1. The van der Waals surface area contributed by atoms with Crippen molar-refractivity contribution in [2.75, 3.05) is 5.32 Å². The molecule has 0 aliphatic heterocycles. The molecule has 1 amide bonds. The van der Waals surface area contributed by atoms with E-state index in [2.05, 4.69) is 31.5 Å². The molecule has 0 aliphatic carbocycles. The van der Waals surface area contributed by atoms with Crippen LogP contribution in [0.4, 0.5) is 5.69 Å². The fraction of sp³-hybridized carbons (Fsp3) is 0.160. The van der Waals surface area contributed by atoms with Crippen LogP contribution in [0, 0.1) is 0 Å². The Labute approximate surface area is 210 Å². The predicted octanol–water partition coefficient (Wildman–Crippen LogP) is 6.27. The molecule has 3 N–H and O–H groups in total. The number of ether oxygens (including phenoxy) is 1. The second kappa shape index (κ2) is 10.2. The molecule has 34 heavy (non-hydrogen) atoms. The fourth-order valence-corrected chi connectivity index (χ4v) is 3.72. The number of phenolic OH excluding ortho intramolecular Hbond substituents is 1. The van der Waals surface area contributed by atoms with Crippen LogP contribution in [0.25, 0.3) is 22.6 Å². The Hall–Kier alpha value is -3.43. The number of fused-ring (bicyclic) bond motifs is 1. The standard InChI is InChI=1S/C25H22BrN3O4S/c1-3-14(2)32-18-6-4-5-15(11-18)23(31)29-25(34)27-17-8-10-22-20(13-17)28-24(33-22)16-7-9-21(30)19(26)12-16/h4-14,30H,3H2,1-2H3,(H2,27,29,31,34)/t14-/m1/s1. The van der Waals surface area contributed by atoms with Crippen molar-refractivity contribution in [3.8, 4) is 23.0 Å². The molecule has 3 aromatic carbocycles. The van der Waals surface area contributed by atoms with E-state index in [0.717, 1.165) is 12.0 Å². The molecule has 0 spiro atoms. The van der Waals surface area contributed by atoms with Gasteiger partial charge in [0.2, 0.25) is 5.89 Å². The summed E-state index contributed by atoms with van der Waals surface area (Å²) in [6, 6.07) is 17.3. The van der Waals surface area contributed by atoms with Gasteiger partial charge in [0.25, 0.3) is 5.91 Å². The third-order valence-electron chi connectivity index (χ3n) is 5.08. The number of hydrogen-bond acceptors (Lipinski definition) is 6. The average Bonchev–Trinajstić information content (AvgIpc) is 3.24. The van der Waals surface area contributed by atoms with E-state index >= 15 is 0 Å². The molecule has 4 aromatic rings. The summed E-state index contributed by atoms with van der Waals surface area (Å²) in [6.07, 6.45) is 0.928. The van der Waals surface area contributed by atoms with Gasteiger partial charge in [0.15, 0.2) is 10.7 Å². The van der Waals surface area contributed by atoms with Crippen LogP contribution in [0.2, 0.25) is 0 Å². The van der Waals surface area contributed by atoms with Crippen molar-refractivity contribution < 1.29 is 19.1 Å². The number of hydrogen-bond donors (Lipinski definition) is 3. The molecule has 0 aliphatic rings. The number of benzene rings is 3. The lowest BCUT2D eigenvalue weighted by atomic mass is 10.2. The maximum atomic E-state index is 12.6. The van der Waals surface area contributed by atoms with Gasteiger partial charge >= 0.3 is 0 Å². The number of amides is 1. The van der Waals surface area contributed by atoms with Crippen LogP contribution in [-0.2, 0) is 0 Å². The van der Waals surface area contributed by atoms with Gasteiger partial charge in [0.05, 0.1) is 10.6 Å². The highest BCUT2D eigenvalue weighted by molar-refractivity contribution is 9.10. The zero-order valence-corrected chi connectivity index (χ0v) is 20.9. The van der Waals surface area contributed by atoms with E-state index in [9.17, 15) is 9.90 Å². The number of carbonyl (C=O) groups is 1. The van der Waals surface area contributed by atoms with Gasteiger partial charge in [-0.15, -0.1) is 0 Å². The number of halogens is 1. The number of phenols is 1. The smallest absolute Gasteiger partial charge is 0.257 e. The molecule has 1 aromatic heterocycles. The molecule has 174 valence electrons. The zero-order valence-electron chi connectivity index (χ0n) is 18.5. The van der Waals surface area contributed by atoms with Gasteiger partial charge in [-0.2, -0.15) is 0 Å². The van der Waals surface area contributed by atoms with Crippen molar-refractivity contribution in [3.05, 3.63) is 70.7 Å². The quantitative estimate of drug-likeness (QED) is 0.248. The number of rotatable bonds is 6. The first-order valence-electron chi connectivity index (χ1n) is 10.6. The highest BCUT2D eigenvalue weighted by atomic mass is 79.9. The summed E-state index contributed by atoms with van der Waals surface area (Å²) in [5.74, 6) is 0.850. The van der Waals surface area contributed by atoms with Gasteiger partial charge < -0.3 is 19.6 Å². The van der Waals surface area contributed by atoms with Crippen LogP contribution >= 0.6 is 28.1 Å². The number of carbonyl (C=O) groups excluding carboxylic acids is 1. The molecule has 1 heterocycles. The van der Waals surface area contributed by atoms with E-state index in [4.69, 9.17) is 21.4 Å². The third-order valence-corrected chi connectivity index (χ3v) is 5.91. The predicted molar refractivity (Wildman–Crippen MR) is 139 cm³/mol. The SMILES string of the molecule is CC[C@@H](C)Oc1cccc(C(=O)NC(=S)Nc2ccc3oc(-c4ccc(O)c(Br)c4)nc3c2)c1. The Morgan fingerprint density at radius 1 is 1.21 bits per heavy atom. The molecule has 0 saturated heterocycles. The summed E-state index contributed by atoms with van der Waals surface area (Å²) in [4.78, 5) is 17.2. The van der Waals surface area contributed by atoms with Crippen molar-refractivity contribution in [2.45, 2.75) is 26.4 Å². The largest absolute Gasteiger partial charge is 0.507 e. The number of nitrogens with zero attached hydrogens (tertiary/aromatic N) is 1. The van der Waals surface area contributed by atoms with Crippen molar-refractivity contribution >= 4 is 56.0 Å². The molecule has 4 rings (SSSR count). The third kappa shape index (κ3) is 5.55. The van der Waals surface area contributed by atoms with E-state index in [1.54, 1.807) is 54.6 Å². The molecule has 1 atom stereocenters. The van der Waals surface area contributed by atoms with Crippen molar-refractivity contribution in [1.82, 2.24) is 10.3 Å². The maximum absolute atomic E-state index is 12.6. The lowest BCUT2D eigenvalue weighted by Crippen LogP contribution is -2.34. The Morgan fingerprint density at radius 2 is 2.03 bits per heavy atom. The molecular formula is C25H22BrN3O4S. The molecule has 0 fully saturated rings. The summed E-state index contributed by atoms with van der Waals surface area (Å²) < 4.78 is 12.2. The monoisotopic (exact) mass is 539 g/mol. The van der Waals surface area contributed by atoms with Gasteiger partial charge in [-0.3, -0.25) is 10.1 Å². The highest BCUT2D eigenvalue weighted by Gasteiger charge is 2.13. The first-order chi connectivity index (χ1) is 16.3. The Kier molecular flexibility index (Phi) is 7.14. The maximum Gasteiger partial charge on any atom is 0.257 e. The summed E-state index contributed by atoms with van der Waals surface area (Å²) in [5.41, 5.74) is 3.03. The molecule has 0 bridgehead atoms. The fourth-order valence-electron chi connectivity index (χ4n) is 3.13. The number of oxazole rings is 1. The summed E-state index contributed by atoms with van der Waals surface area (Å²) in [7, 11) is 0.